The number of benzene rings is 1. The largest absolute Gasteiger partial charge is 0.496 e. The van der Waals surface area contributed by atoms with E-state index in [-0.39, 0.29) is 11.9 Å². The Labute approximate surface area is 122 Å². The number of rotatable bonds is 6. The van der Waals surface area contributed by atoms with Gasteiger partial charge in [0.1, 0.15) is 17.1 Å². The van der Waals surface area contributed by atoms with Crippen molar-refractivity contribution in [2.75, 3.05) is 26.2 Å². The van der Waals surface area contributed by atoms with Crippen LogP contribution in [0.5, 0.6) is 11.5 Å². The summed E-state index contributed by atoms with van der Waals surface area (Å²) in [5.41, 5.74) is 0.581. The topological polar surface area (TPSA) is 57.1 Å². The Morgan fingerprint density at radius 3 is 2.50 bits per heavy atom. The van der Waals surface area contributed by atoms with Crippen LogP contribution < -0.4 is 9.47 Å². The number of nitrogens with zero attached hydrogens (tertiary/aromatic N) is 1. The predicted octanol–water partition coefficient (Wildman–Crippen LogP) is 2.13. The molecule has 1 aliphatic heterocycles. The number of hydrogen-bond donors (Lipinski definition) is 0. The number of cyclic esters (lactones) is 1. The van der Waals surface area contributed by atoms with Gasteiger partial charge in [-0.25, -0.2) is 9.79 Å². The van der Waals surface area contributed by atoms with Crippen LogP contribution in [-0.4, -0.2) is 44.1 Å². The van der Waals surface area contributed by atoms with E-state index in [4.69, 9.17) is 14.2 Å². The molecule has 1 heterocycles. The molecule has 0 bridgehead atoms. The van der Waals surface area contributed by atoms with Gasteiger partial charge in [-0.15, -0.1) is 0 Å². The Morgan fingerprint density at radius 1 is 1.30 bits per heavy atom. The van der Waals surface area contributed by atoms with Crippen LogP contribution in [-0.2, 0) is 9.53 Å². The summed E-state index contributed by atoms with van der Waals surface area (Å²) in [6.07, 6.45) is 2.66. The Bertz CT molecular complexity index is 508. The maximum absolute atomic E-state index is 11.8. The third-order valence-electron chi connectivity index (χ3n) is 2.98. The number of hydrogen-bond acceptors (Lipinski definition) is 6. The van der Waals surface area contributed by atoms with Crippen LogP contribution in [0.2, 0.25) is 0 Å². The standard InChI is InChI=1S/C14H17NO4S/c1-17-10-5-4-6-11(18-2)12(10)13-15-9(7-8-20-3)14(16)19-13/h4-6,9H,7-8H2,1-3H3. The molecule has 1 aromatic carbocycles. The number of ether oxygens (including phenoxy) is 3. The lowest BCUT2D eigenvalue weighted by Crippen LogP contribution is -2.16. The number of carbonyl (C=O) groups excluding carboxylic acids is 1. The van der Waals surface area contributed by atoms with Crippen molar-refractivity contribution < 1.29 is 19.0 Å². The molecule has 108 valence electrons. The highest BCUT2D eigenvalue weighted by Crippen LogP contribution is 2.31. The zero-order valence-electron chi connectivity index (χ0n) is 11.7. The highest BCUT2D eigenvalue weighted by atomic mass is 32.2. The minimum atomic E-state index is -0.438. The van der Waals surface area contributed by atoms with Crippen LogP contribution >= 0.6 is 11.8 Å². The Kier molecular flexibility index (Phi) is 4.89. The van der Waals surface area contributed by atoms with E-state index in [0.29, 0.717) is 23.5 Å². The summed E-state index contributed by atoms with van der Waals surface area (Å²) in [7, 11) is 3.11. The van der Waals surface area contributed by atoms with Crippen LogP contribution in [0.3, 0.4) is 0 Å². The van der Waals surface area contributed by atoms with Gasteiger partial charge in [-0.2, -0.15) is 11.8 Å². The van der Waals surface area contributed by atoms with Crippen molar-refractivity contribution in [1.29, 1.82) is 0 Å². The van der Waals surface area contributed by atoms with Crippen molar-refractivity contribution in [3.8, 4) is 11.5 Å². The molecule has 1 unspecified atom stereocenters. The number of esters is 1. The highest BCUT2D eigenvalue weighted by Gasteiger charge is 2.32. The van der Waals surface area contributed by atoms with Gasteiger partial charge in [0, 0.05) is 0 Å². The zero-order chi connectivity index (χ0) is 14.5. The van der Waals surface area contributed by atoms with Gasteiger partial charge in [-0.3, -0.25) is 0 Å². The Hall–Kier alpha value is -1.69. The van der Waals surface area contributed by atoms with E-state index in [1.54, 1.807) is 38.1 Å². The summed E-state index contributed by atoms with van der Waals surface area (Å²) in [6.45, 7) is 0. The van der Waals surface area contributed by atoms with Gasteiger partial charge in [-0.05, 0) is 30.6 Å². The monoisotopic (exact) mass is 295 g/mol. The molecule has 1 aliphatic rings. The summed E-state index contributed by atoms with van der Waals surface area (Å²) in [6, 6.07) is 4.93. The molecule has 2 rings (SSSR count). The molecule has 0 saturated heterocycles. The molecule has 0 aromatic heterocycles. The van der Waals surface area contributed by atoms with Crippen LogP contribution in [0.1, 0.15) is 12.0 Å². The first kappa shape index (κ1) is 14.7. The lowest BCUT2D eigenvalue weighted by Gasteiger charge is -2.11. The normalized spacial score (nSPS) is 17.6. The second kappa shape index (κ2) is 6.65. The minimum absolute atomic E-state index is 0.274. The number of thioether (sulfide) groups is 1. The van der Waals surface area contributed by atoms with Gasteiger partial charge >= 0.3 is 5.97 Å². The molecule has 0 aliphatic carbocycles. The fourth-order valence-electron chi connectivity index (χ4n) is 1.97. The van der Waals surface area contributed by atoms with E-state index < -0.39 is 6.04 Å². The quantitative estimate of drug-likeness (QED) is 0.753. The average Bonchev–Trinajstić information content (AvgIpc) is 2.84. The molecule has 0 saturated carbocycles. The number of methoxy groups -OCH3 is 2. The smallest absolute Gasteiger partial charge is 0.337 e. The SMILES string of the molecule is COc1cccc(OC)c1C1=NC(CCSC)C(=O)O1. The maximum atomic E-state index is 11.8. The van der Waals surface area contributed by atoms with Crippen LogP contribution in [0, 0.1) is 0 Å². The van der Waals surface area contributed by atoms with Crippen molar-refractivity contribution in [3.63, 3.8) is 0 Å². The lowest BCUT2D eigenvalue weighted by atomic mass is 10.1. The molecule has 0 fully saturated rings. The van der Waals surface area contributed by atoms with Crippen LogP contribution in [0.15, 0.2) is 23.2 Å². The van der Waals surface area contributed by atoms with Crippen molar-refractivity contribution >= 4 is 23.6 Å². The molecule has 5 nitrogen and oxygen atoms in total. The zero-order valence-corrected chi connectivity index (χ0v) is 12.5. The van der Waals surface area contributed by atoms with Gasteiger partial charge < -0.3 is 14.2 Å². The molecular weight excluding hydrogens is 278 g/mol. The molecule has 0 radical (unpaired) electrons. The summed E-state index contributed by atoms with van der Waals surface area (Å²) < 4.78 is 15.9. The van der Waals surface area contributed by atoms with E-state index in [9.17, 15) is 4.79 Å². The first-order valence-corrected chi connectivity index (χ1v) is 7.60. The summed E-state index contributed by atoms with van der Waals surface area (Å²) in [5.74, 6) is 1.96. The Balaban J connectivity index is 2.34. The second-order valence-corrected chi connectivity index (χ2v) is 5.18. The van der Waals surface area contributed by atoms with E-state index in [0.717, 1.165) is 5.75 Å². The molecule has 0 amide bonds. The molecule has 1 aromatic rings. The minimum Gasteiger partial charge on any atom is -0.496 e. The number of carbonyl (C=O) groups is 1. The van der Waals surface area contributed by atoms with Crippen LogP contribution in [0.4, 0.5) is 0 Å². The first-order valence-electron chi connectivity index (χ1n) is 6.21. The fourth-order valence-corrected chi connectivity index (χ4v) is 2.43. The van der Waals surface area contributed by atoms with Crippen molar-refractivity contribution in [1.82, 2.24) is 0 Å². The van der Waals surface area contributed by atoms with Gasteiger partial charge in [-0.1, -0.05) is 6.07 Å². The predicted molar refractivity (Wildman–Crippen MR) is 79.0 cm³/mol. The molecule has 0 spiro atoms. The molecule has 0 N–H and O–H groups in total. The van der Waals surface area contributed by atoms with Gasteiger partial charge in [0.15, 0.2) is 6.04 Å². The summed E-state index contributed by atoms with van der Waals surface area (Å²) in [4.78, 5) is 16.2. The van der Waals surface area contributed by atoms with Crippen molar-refractivity contribution in [3.05, 3.63) is 23.8 Å². The Morgan fingerprint density at radius 2 is 1.95 bits per heavy atom. The second-order valence-electron chi connectivity index (χ2n) is 4.19. The van der Waals surface area contributed by atoms with E-state index in [1.807, 2.05) is 12.3 Å². The first-order chi connectivity index (χ1) is 9.71. The molecule has 6 heteroatoms. The van der Waals surface area contributed by atoms with Crippen molar-refractivity contribution in [2.24, 2.45) is 4.99 Å². The van der Waals surface area contributed by atoms with E-state index >= 15 is 0 Å². The third-order valence-corrected chi connectivity index (χ3v) is 3.62. The van der Waals surface area contributed by atoms with Crippen LogP contribution in [0.25, 0.3) is 0 Å². The summed E-state index contributed by atoms with van der Waals surface area (Å²) >= 11 is 1.68. The lowest BCUT2D eigenvalue weighted by molar-refractivity contribution is -0.134. The molecular formula is C14H17NO4S. The van der Waals surface area contributed by atoms with E-state index in [2.05, 4.69) is 4.99 Å². The third kappa shape index (κ3) is 2.90. The fraction of sp³-hybridized carbons (Fsp3) is 0.429. The van der Waals surface area contributed by atoms with E-state index in [1.165, 1.54) is 0 Å². The highest BCUT2D eigenvalue weighted by molar-refractivity contribution is 7.98. The average molecular weight is 295 g/mol. The summed E-state index contributed by atoms with van der Waals surface area (Å²) in [5, 5.41) is 0. The van der Waals surface area contributed by atoms with Gasteiger partial charge in [0.05, 0.1) is 14.2 Å². The maximum Gasteiger partial charge on any atom is 0.337 e. The van der Waals surface area contributed by atoms with Crippen molar-refractivity contribution in [2.45, 2.75) is 12.5 Å². The number of aliphatic imine (C=N–C) groups is 1. The van der Waals surface area contributed by atoms with Gasteiger partial charge in [0.25, 0.3) is 0 Å². The van der Waals surface area contributed by atoms with Gasteiger partial charge in [0.2, 0.25) is 5.90 Å². The molecule has 20 heavy (non-hydrogen) atoms. The molecule has 1 atom stereocenters.